The molecule has 0 saturated carbocycles. The number of benzene rings is 2. The standard InChI is InChI=1S/C17H18N2O2/c1-2-11-21-14-10-6-9-13-16(14)19-17(20)15(18-13)12-7-4-3-5-8-12/h3-10,15,18H,2,11H2,1H3,(H,19,20). The number of hydrogen-bond donors (Lipinski definition) is 2. The number of fused-ring (bicyclic) bond motifs is 1. The van der Waals surface area contributed by atoms with Gasteiger partial charge in [-0.15, -0.1) is 0 Å². The number of anilines is 2. The van der Waals surface area contributed by atoms with E-state index in [-0.39, 0.29) is 11.9 Å². The minimum atomic E-state index is -0.375. The lowest BCUT2D eigenvalue weighted by Gasteiger charge is -2.28. The Balaban J connectivity index is 1.90. The van der Waals surface area contributed by atoms with E-state index >= 15 is 0 Å². The van der Waals surface area contributed by atoms with Crippen LogP contribution in [0.5, 0.6) is 5.75 Å². The molecule has 3 rings (SSSR count). The van der Waals surface area contributed by atoms with Gasteiger partial charge in [0.15, 0.2) is 0 Å². The van der Waals surface area contributed by atoms with Crippen LogP contribution in [0.15, 0.2) is 48.5 Å². The SMILES string of the molecule is CCCOc1cccc2c1NC(=O)C(c1ccccc1)N2. The molecule has 1 heterocycles. The van der Waals surface area contributed by atoms with Crippen molar-refractivity contribution in [1.29, 1.82) is 0 Å². The molecule has 1 unspecified atom stereocenters. The van der Waals surface area contributed by atoms with Crippen molar-refractivity contribution >= 4 is 17.3 Å². The van der Waals surface area contributed by atoms with Gasteiger partial charge >= 0.3 is 0 Å². The minimum Gasteiger partial charge on any atom is -0.491 e. The molecule has 0 fully saturated rings. The van der Waals surface area contributed by atoms with Crippen molar-refractivity contribution in [1.82, 2.24) is 0 Å². The van der Waals surface area contributed by atoms with Crippen LogP contribution < -0.4 is 15.4 Å². The topological polar surface area (TPSA) is 50.4 Å². The zero-order valence-electron chi connectivity index (χ0n) is 11.9. The van der Waals surface area contributed by atoms with Crippen LogP contribution in [0.25, 0.3) is 0 Å². The summed E-state index contributed by atoms with van der Waals surface area (Å²) in [5, 5.41) is 6.25. The Labute approximate surface area is 124 Å². The van der Waals surface area contributed by atoms with Crippen LogP contribution >= 0.6 is 0 Å². The van der Waals surface area contributed by atoms with E-state index in [0.29, 0.717) is 12.4 Å². The summed E-state index contributed by atoms with van der Waals surface area (Å²) in [4.78, 5) is 12.4. The normalized spacial score (nSPS) is 16.6. The van der Waals surface area contributed by atoms with E-state index < -0.39 is 0 Å². The molecule has 108 valence electrons. The molecule has 4 heteroatoms. The van der Waals surface area contributed by atoms with Crippen LogP contribution in [-0.4, -0.2) is 12.5 Å². The summed E-state index contributed by atoms with van der Waals surface area (Å²) in [7, 11) is 0. The molecule has 1 amide bonds. The van der Waals surface area contributed by atoms with Crippen LogP contribution in [0, 0.1) is 0 Å². The maximum Gasteiger partial charge on any atom is 0.251 e. The first kappa shape index (κ1) is 13.5. The second kappa shape index (κ2) is 5.87. The first-order valence-electron chi connectivity index (χ1n) is 7.17. The molecule has 0 spiro atoms. The van der Waals surface area contributed by atoms with Crippen molar-refractivity contribution in [2.24, 2.45) is 0 Å². The first-order valence-corrected chi connectivity index (χ1v) is 7.17. The van der Waals surface area contributed by atoms with Gasteiger partial charge in [-0.2, -0.15) is 0 Å². The summed E-state index contributed by atoms with van der Waals surface area (Å²) in [6.45, 7) is 2.69. The fourth-order valence-electron chi connectivity index (χ4n) is 2.41. The Hall–Kier alpha value is -2.49. The van der Waals surface area contributed by atoms with E-state index in [0.717, 1.165) is 23.4 Å². The quantitative estimate of drug-likeness (QED) is 0.901. The summed E-state index contributed by atoms with van der Waals surface area (Å²) in [5.74, 6) is 0.642. The Morgan fingerprint density at radius 1 is 1.10 bits per heavy atom. The van der Waals surface area contributed by atoms with Crippen molar-refractivity contribution < 1.29 is 9.53 Å². The summed E-state index contributed by atoms with van der Waals surface area (Å²) >= 11 is 0. The van der Waals surface area contributed by atoms with Gasteiger partial charge in [-0.25, -0.2) is 0 Å². The molecular weight excluding hydrogens is 264 g/mol. The third-order valence-corrected chi connectivity index (χ3v) is 3.43. The monoisotopic (exact) mass is 282 g/mol. The van der Waals surface area contributed by atoms with Gasteiger partial charge < -0.3 is 15.4 Å². The molecule has 2 N–H and O–H groups in total. The van der Waals surface area contributed by atoms with Crippen LogP contribution in [-0.2, 0) is 4.79 Å². The summed E-state index contributed by atoms with van der Waals surface area (Å²) < 4.78 is 5.69. The molecular formula is C17H18N2O2. The molecule has 2 aromatic carbocycles. The van der Waals surface area contributed by atoms with Gasteiger partial charge in [0.2, 0.25) is 0 Å². The molecule has 1 atom stereocenters. The molecule has 0 saturated heterocycles. The Morgan fingerprint density at radius 2 is 1.90 bits per heavy atom. The number of ether oxygens (including phenoxy) is 1. The molecule has 4 nitrogen and oxygen atoms in total. The number of nitrogens with one attached hydrogen (secondary N) is 2. The number of para-hydroxylation sites is 1. The molecule has 21 heavy (non-hydrogen) atoms. The van der Waals surface area contributed by atoms with Crippen molar-refractivity contribution in [2.75, 3.05) is 17.2 Å². The molecule has 0 aliphatic carbocycles. The predicted molar refractivity (Wildman–Crippen MR) is 83.7 cm³/mol. The Morgan fingerprint density at radius 3 is 2.67 bits per heavy atom. The Bertz CT molecular complexity index is 640. The number of rotatable bonds is 4. The lowest BCUT2D eigenvalue weighted by atomic mass is 10.0. The van der Waals surface area contributed by atoms with E-state index in [9.17, 15) is 4.79 Å². The largest absolute Gasteiger partial charge is 0.491 e. The third-order valence-electron chi connectivity index (χ3n) is 3.43. The number of carbonyl (C=O) groups excluding carboxylic acids is 1. The molecule has 2 aromatic rings. The number of hydrogen-bond acceptors (Lipinski definition) is 3. The van der Waals surface area contributed by atoms with Crippen molar-refractivity contribution in [3.8, 4) is 5.75 Å². The minimum absolute atomic E-state index is 0.0683. The highest BCUT2D eigenvalue weighted by atomic mass is 16.5. The van der Waals surface area contributed by atoms with Crippen LogP contribution in [0.1, 0.15) is 24.9 Å². The van der Waals surface area contributed by atoms with E-state index in [4.69, 9.17) is 4.74 Å². The smallest absolute Gasteiger partial charge is 0.251 e. The average Bonchev–Trinajstić information content (AvgIpc) is 2.53. The van der Waals surface area contributed by atoms with E-state index in [1.807, 2.05) is 48.5 Å². The van der Waals surface area contributed by atoms with Gasteiger partial charge in [0.25, 0.3) is 5.91 Å². The number of carbonyl (C=O) groups is 1. The molecule has 0 bridgehead atoms. The van der Waals surface area contributed by atoms with Gasteiger partial charge in [0.05, 0.1) is 12.3 Å². The number of amides is 1. The second-order valence-corrected chi connectivity index (χ2v) is 5.00. The second-order valence-electron chi connectivity index (χ2n) is 5.00. The van der Waals surface area contributed by atoms with Crippen LogP contribution in [0.2, 0.25) is 0 Å². The highest BCUT2D eigenvalue weighted by molar-refractivity contribution is 6.05. The highest BCUT2D eigenvalue weighted by Gasteiger charge is 2.28. The van der Waals surface area contributed by atoms with Gasteiger partial charge in [0.1, 0.15) is 17.5 Å². The Kier molecular flexibility index (Phi) is 3.77. The van der Waals surface area contributed by atoms with Crippen LogP contribution in [0.3, 0.4) is 0 Å². The van der Waals surface area contributed by atoms with Crippen LogP contribution in [0.4, 0.5) is 11.4 Å². The van der Waals surface area contributed by atoms with E-state index in [1.54, 1.807) is 0 Å². The van der Waals surface area contributed by atoms with Gasteiger partial charge in [-0.05, 0) is 24.1 Å². The zero-order chi connectivity index (χ0) is 14.7. The van der Waals surface area contributed by atoms with Crippen molar-refractivity contribution in [3.63, 3.8) is 0 Å². The van der Waals surface area contributed by atoms with Gasteiger partial charge in [-0.1, -0.05) is 43.3 Å². The molecule has 1 aliphatic heterocycles. The summed E-state index contributed by atoms with van der Waals surface area (Å²) in [6, 6.07) is 15.1. The maximum absolute atomic E-state index is 12.4. The maximum atomic E-state index is 12.4. The van der Waals surface area contributed by atoms with Crippen molar-refractivity contribution in [2.45, 2.75) is 19.4 Å². The average molecular weight is 282 g/mol. The lowest BCUT2D eigenvalue weighted by molar-refractivity contribution is -0.117. The first-order chi connectivity index (χ1) is 10.3. The predicted octanol–water partition coefficient (Wildman–Crippen LogP) is 3.58. The molecule has 1 aliphatic rings. The van der Waals surface area contributed by atoms with E-state index in [1.165, 1.54) is 0 Å². The van der Waals surface area contributed by atoms with Gasteiger partial charge in [-0.3, -0.25) is 4.79 Å². The van der Waals surface area contributed by atoms with Gasteiger partial charge in [0, 0.05) is 0 Å². The molecule has 0 aromatic heterocycles. The lowest BCUT2D eigenvalue weighted by Crippen LogP contribution is -2.32. The van der Waals surface area contributed by atoms with E-state index in [2.05, 4.69) is 17.6 Å². The summed E-state index contributed by atoms with van der Waals surface area (Å²) in [6.07, 6.45) is 0.928. The summed E-state index contributed by atoms with van der Waals surface area (Å²) in [5.41, 5.74) is 2.56. The van der Waals surface area contributed by atoms with Crippen molar-refractivity contribution in [3.05, 3.63) is 54.1 Å². The fraction of sp³-hybridized carbons (Fsp3) is 0.235. The zero-order valence-corrected chi connectivity index (χ0v) is 11.9. The fourth-order valence-corrected chi connectivity index (χ4v) is 2.41. The molecule has 0 radical (unpaired) electrons. The third kappa shape index (κ3) is 2.70. The highest BCUT2D eigenvalue weighted by Crippen LogP contribution is 2.38.